The first kappa shape index (κ1) is 14.1. The van der Waals surface area contributed by atoms with Crippen LogP contribution in [0.4, 0.5) is 0 Å². The molecule has 22 heavy (non-hydrogen) atoms. The molecule has 0 aliphatic carbocycles. The molecule has 1 heterocycles. The minimum absolute atomic E-state index is 0.0959. The van der Waals surface area contributed by atoms with Gasteiger partial charge in [0.1, 0.15) is 17.3 Å². The van der Waals surface area contributed by atoms with Gasteiger partial charge in [0.25, 0.3) is 0 Å². The average molecular weight is 294 g/mol. The Morgan fingerprint density at radius 2 is 1.73 bits per heavy atom. The van der Waals surface area contributed by atoms with Gasteiger partial charge >= 0.3 is 11.6 Å². The molecule has 0 saturated carbocycles. The number of rotatable bonds is 3. The number of carbonyl (C=O) groups excluding carboxylic acids is 1. The van der Waals surface area contributed by atoms with Crippen molar-refractivity contribution in [3.05, 3.63) is 82.2 Å². The SMILES string of the molecule is C[C@H](OC(=O)c1cc2ccccc2oc1=O)c1ccccc1. The van der Waals surface area contributed by atoms with Crippen molar-refractivity contribution in [3.8, 4) is 0 Å². The first-order chi connectivity index (χ1) is 10.6. The van der Waals surface area contributed by atoms with Crippen molar-refractivity contribution < 1.29 is 13.9 Å². The Bertz CT molecular complexity index is 865. The topological polar surface area (TPSA) is 56.5 Å². The lowest BCUT2D eigenvalue weighted by atomic mass is 10.1. The first-order valence-corrected chi connectivity index (χ1v) is 6.94. The van der Waals surface area contributed by atoms with Crippen LogP contribution in [0.1, 0.15) is 28.9 Å². The summed E-state index contributed by atoms with van der Waals surface area (Å²) in [5, 5.41) is 0.682. The summed E-state index contributed by atoms with van der Waals surface area (Å²) in [5.41, 5.74) is 0.520. The highest BCUT2D eigenvalue weighted by atomic mass is 16.5. The van der Waals surface area contributed by atoms with Gasteiger partial charge in [0.2, 0.25) is 0 Å². The average Bonchev–Trinajstić information content (AvgIpc) is 2.54. The third-order valence-electron chi connectivity index (χ3n) is 3.41. The van der Waals surface area contributed by atoms with Crippen LogP contribution in [0.2, 0.25) is 0 Å². The zero-order valence-electron chi connectivity index (χ0n) is 12.0. The maximum atomic E-state index is 12.2. The molecule has 3 aromatic rings. The van der Waals surface area contributed by atoms with E-state index >= 15 is 0 Å². The van der Waals surface area contributed by atoms with Crippen LogP contribution in [-0.2, 0) is 4.74 Å². The summed E-state index contributed by atoms with van der Waals surface area (Å²) in [6.45, 7) is 1.76. The Labute approximate surface area is 127 Å². The van der Waals surface area contributed by atoms with E-state index in [1.807, 2.05) is 36.4 Å². The molecule has 4 nitrogen and oxygen atoms in total. The van der Waals surface area contributed by atoms with E-state index < -0.39 is 17.7 Å². The van der Waals surface area contributed by atoms with Crippen molar-refractivity contribution >= 4 is 16.9 Å². The predicted molar refractivity (Wildman–Crippen MR) is 82.8 cm³/mol. The van der Waals surface area contributed by atoms with Gasteiger partial charge in [-0.25, -0.2) is 9.59 Å². The van der Waals surface area contributed by atoms with Crippen molar-refractivity contribution in [2.75, 3.05) is 0 Å². The van der Waals surface area contributed by atoms with Crippen LogP contribution in [0.15, 0.2) is 69.9 Å². The fourth-order valence-electron chi connectivity index (χ4n) is 2.22. The number of esters is 1. The Balaban J connectivity index is 1.89. The number of fused-ring (bicyclic) bond motifs is 1. The second-order valence-corrected chi connectivity index (χ2v) is 4.94. The van der Waals surface area contributed by atoms with E-state index in [4.69, 9.17) is 9.15 Å². The van der Waals surface area contributed by atoms with Crippen LogP contribution in [-0.4, -0.2) is 5.97 Å². The molecule has 1 aromatic heterocycles. The molecular weight excluding hydrogens is 280 g/mol. The summed E-state index contributed by atoms with van der Waals surface area (Å²) in [6.07, 6.45) is -0.445. The molecular formula is C18H14O4. The van der Waals surface area contributed by atoms with E-state index in [-0.39, 0.29) is 5.56 Å². The third-order valence-corrected chi connectivity index (χ3v) is 3.41. The van der Waals surface area contributed by atoms with Gasteiger partial charge in [-0.2, -0.15) is 0 Å². The standard InChI is InChI=1S/C18H14O4/c1-12(13-7-3-2-4-8-13)21-17(19)15-11-14-9-5-6-10-16(14)22-18(15)20/h2-12H,1H3/t12-/m0/s1. The molecule has 0 aliphatic heterocycles. The van der Waals surface area contributed by atoms with Gasteiger partial charge in [-0.05, 0) is 24.6 Å². The van der Waals surface area contributed by atoms with Crippen LogP contribution in [0.3, 0.4) is 0 Å². The van der Waals surface area contributed by atoms with Gasteiger partial charge in [-0.1, -0.05) is 48.5 Å². The Morgan fingerprint density at radius 1 is 1.05 bits per heavy atom. The van der Waals surface area contributed by atoms with Crippen molar-refractivity contribution in [1.82, 2.24) is 0 Å². The molecule has 0 amide bonds. The fourth-order valence-corrected chi connectivity index (χ4v) is 2.22. The lowest BCUT2D eigenvalue weighted by Gasteiger charge is -2.13. The minimum atomic E-state index is -0.691. The zero-order chi connectivity index (χ0) is 15.5. The fraction of sp³-hybridized carbons (Fsp3) is 0.111. The maximum absolute atomic E-state index is 12.2. The number of para-hydroxylation sites is 1. The number of carbonyl (C=O) groups is 1. The molecule has 0 unspecified atom stereocenters. The molecule has 110 valence electrons. The monoisotopic (exact) mass is 294 g/mol. The molecule has 0 fully saturated rings. The Kier molecular flexibility index (Phi) is 3.74. The van der Waals surface area contributed by atoms with E-state index in [0.29, 0.717) is 11.0 Å². The van der Waals surface area contributed by atoms with Gasteiger partial charge in [-0.15, -0.1) is 0 Å². The highest BCUT2D eigenvalue weighted by Gasteiger charge is 2.18. The highest BCUT2D eigenvalue weighted by molar-refractivity contribution is 5.92. The number of ether oxygens (including phenoxy) is 1. The van der Waals surface area contributed by atoms with E-state index in [2.05, 4.69) is 0 Å². The molecule has 1 atom stereocenters. The summed E-state index contributed by atoms with van der Waals surface area (Å²) in [7, 11) is 0. The lowest BCUT2D eigenvalue weighted by Crippen LogP contribution is -2.18. The molecule has 2 aromatic carbocycles. The molecule has 3 rings (SSSR count). The van der Waals surface area contributed by atoms with Crippen LogP contribution in [0.25, 0.3) is 11.0 Å². The molecule has 0 aliphatic rings. The van der Waals surface area contributed by atoms with Gasteiger partial charge in [0.05, 0.1) is 0 Å². The van der Waals surface area contributed by atoms with Gasteiger partial charge in [0, 0.05) is 5.39 Å². The number of hydrogen-bond donors (Lipinski definition) is 0. The Hall–Kier alpha value is -2.88. The summed E-state index contributed by atoms with van der Waals surface area (Å²) >= 11 is 0. The van der Waals surface area contributed by atoms with Crippen molar-refractivity contribution in [3.63, 3.8) is 0 Å². The van der Waals surface area contributed by atoms with Crippen LogP contribution in [0.5, 0.6) is 0 Å². The summed E-state index contributed by atoms with van der Waals surface area (Å²) < 4.78 is 10.5. The number of hydrogen-bond acceptors (Lipinski definition) is 4. The molecule has 0 N–H and O–H groups in total. The predicted octanol–water partition coefficient (Wildman–Crippen LogP) is 3.71. The first-order valence-electron chi connectivity index (χ1n) is 6.94. The van der Waals surface area contributed by atoms with Gasteiger partial charge in [0.15, 0.2) is 0 Å². The summed E-state index contributed by atoms with van der Waals surface area (Å²) in [5.74, 6) is -0.684. The smallest absolute Gasteiger partial charge is 0.351 e. The normalized spacial score (nSPS) is 12.0. The second-order valence-electron chi connectivity index (χ2n) is 4.94. The van der Waals surface area contributed by atoms with Crippen LogP contribution < -0.4 is 5.63 Å². The molecule has 0 saturated heterocycles. The molecule has 4 heteroatoms. The van der Waals surface area contributed by atoms with Crippen LogP contribution >= 0.6 is 0 Å². The molecule has 0 spiro atoms. The van der Waals surface area contributed by atoms with Crippen molar-refractivity contribution in [1.29, 1.82) is 0 Å². The summed E-state index contributed by atoms with van der Waals surface area (Å²) in [4.78, 5) is 24.1. The zero-order valence-corrected chi connectivity index (χ0v) is 12.0. The summed E-state index contributed by atoms with van der Waals surface area (Å²) in [6, 6.07) is 17.9. The minimum Gasteiger partial charge on any atom is -0.454 e. The second kappa shape index (κ2) is 5.85. The van der Waals surface area contributed by atoms with E-state index in [9.17, 15) is 9.59 Å². The van der Waals surface area contributed by atoms with Crippen LogP contribution in [0, 0.1) is 0 Å². The van der Waals surface area contributed by atoms with E-state index in [0.717, 1.165) is 5.56 Å². The number of benzene rings is 2. The van der Waals surface area contributed by atoms with Gasteiger partial charge in [-0.3, -0.25) is 0 Å². The van der Waals surface area contributed by atoms with E-state index in [1.165, 1.54) is 6.07 Å². The maximum Gasteiger partial charge on any atom is 0.351 e. The van der Waals surface area contributed by atoms with Crippen molar-refractivity contribution in [2.45, 2.75) is 13.0 Å². The largest absolute Gasteiger partial charge is 0.454 e. The third kappa shape index (κ3) is 2.76. The highest BCUT2D eigenvalue weighted by Crippen LogP contribution is 2.19. The van der Waals surface area contributed by atoms with E-state index in [1.54, 1.807) is 25.1 Å². The molecule has 0 bridgehead atoms. The van der Waals surface area contributed by atoms with Gasteiger partial charge < -0.3 is 9.15 Å². The van der Waals surface area contributed by atoms with Crippen molar-refractivity contribution in [2.24, 2.45) is 0 Å². The Morgan fingerprint density at radius 3 is 2.50 bits per heavy atom. The lowest BCUT2D eigenvalue weighted by molar-refractivity contribution is 0.0333. The quantitative estimate of drug-likeness (QED) is 0.546. The molecule has 0 radical (unpaired) electrons.